The average molecular weight is 485 g/mol. The molecule has 0 fully saturated rings. The molecule has 0 unspecified atom stereocenters. The van der Waals surface area contributed by atoms with Gasteiger partial charge in [0.2, 0.25) is 0 Å². The number of methoxy groups -OCH3 is 2. The molecule has 0 radical (unpaired) electrons. The second-order valence-corrected chi connectivity index (χ2v) is 9.08. The van der Waals surface area contributed by atoms with E-state index in [0.29, 0.717) is 31.9 Å². The molecule has 1 aliphatic heterocycles. The molecule has 3 aromatic rings. The third kappa shape index (κ3) is 4.27. The summed E-state index contributed by atoms with van der Waals surface area (Å²) < 4.78 is 17.4. The van der Waals surface area contributed by atoms with Crippen molar-refractivity contribution >= 4 is 40.7 Å². The number of aromatic nitrogens is 1. The van der Waals surface area contributed by atoms with Gasteiger partial charge in [-0.3, -0.25) is 14.2 Å². The van der Waals surface area contributed by atoms with Gasteiger partial charge in [-0.05, 0) is 42.1 Å². The molecular weight excluding hydrogens is 464 g/mol. The van der Waals surface area contributed by atoms with Gasteiger partial charge in [-0.2, -0.15) is 0 Å². The fourth-order valence-electron chi connectivity index (χ4n) is 3.58. The highest BCUT2D eigenvalue weighted by Gasteiger charge is 2.33. The molecule has 8 nitrogen and oxygen atoms in total. The van der Waals surface area contributed by atoms with Crippen LogP contribution in [0.4, 0.5) is 0 Å². The summed E-state index contributed by atoms with van der Waals surface area (Å²) in [6, 6.07) is 8.17. The molecule has 0 N–H and O–H groups in total. The first kappa shape index (κ1) is 22.7. The van der Waals surface area contributed by atoms with Crippen LogP contribution in [0.25, 0.3) is 6.08 Å². The van der Waals surface area contributed by atoms with Crippen molar-refractivity contribution in [2.24, 2.45) is 4.99 Å². The number of carbonyl (C=O) groups excluding carboxylic acids is 2. The number of thiophene rings is 1. The molecule has 0 spiro atoms. The van der Waals surface area contributed by atoms with E-state index in [-0.39, 0.29) is 11.3 Å². The highest BCUT2D eigenvalue weighted by atomic mass is 32.1. The SMILES string of the molecule is COC(=O)C1=C(C)N=c2sc(=Cc3ccc(OC)c(OC(C)=O)c3)c(=O)n2[C@@H]1c1cccs1. The number of rotatable bonds is 5. The Labute approximate surface area is 196 Å². The summed E-state index contributed by atoms with van der Waals surface area (Å²) in [7, 11) is 2.79. The maximum atomic E-state index is 13.5. The van der Waals surface area contributed by atoms with E-state index in [1.165, 1.54) is 48.4 Å². The predicted molar refractivity (Wildman–Crippen MR) is 124 cm³/mol. The van der Waals surface area contributed by atoms with Crippen LogP contribution in [0, 0.1) is 0 Å². The van der Waals surface area contributed by atoms with Gasteiger partial charge in [0.1, 0.15) is 6.04 Å². The summed E-state index contributed by atoms with van der Waals surface area (Å²) in [5.41, 5.74) is 1.21. The number of allylic oxidation sites excluding steroid dienone is 1. The number of hydrogen-bond acceptors (Lipinski definition) is 9. The van der Waals surface area contributed by atoms with E-state index in [9.17, 15) is 14.4 Å². The Hall–Kier alpha value is -3.50. The third-order valence-electron chi connectivity index (χ3n) is 4.98. The van der Waals surface area contributed by atoms with Crippen molar-refractivity contribution in [1.29, 1.82) is 0 Å². The van der Waals surface area contributed by atoms with Gasteiger partial charge in [0.05, 0.1) is 30.0 Å². The second kappa shape index (κ2) is 9.16. The zero-order chi connectivity index (χ0) is 23.7. The maximum Gasteiger partial charge on any atom is 0.338 e. The Morgan fingerprint density at radius 2 is 1.97 bits per heavy atom. The lowest BCUT2D eigenvalue weighted by molar-refractivity contribution is -0.136. The van der Waals surface area contributed by atoms with Crippen molar-refractivity contribution in [3.05, 3.63) is 77.1 Å². The zero-order valence-corrected chi connectivity index (χ0v) is 19.9. The third-order valence-corrected chi connectivity index (χ3v) is 6.89. The fraction of sp³-hybridized carbons (Fsp3) is 0.217. The van der Waals surface area contributed by atoms with E-state index < -0.39 is 18.0 Å². The van der Waals surface area contributed by atoms with Gasteiger partial charge >= 0.3 is 11.9 Å². The van der Waals surface area contributed by atoms with Crippen LogP contribution in [-0.2, 0) is 14.3 Å². The Kier molecular flexibility index (Phi) is 6.30. The van der Waals surface area contributed by atoms with Gasteiger partial charge < -0.3 is 14.2 Å². The number of ether oxygens (including phenoxy) is 3. The lowest BCUT2D eigenvalue weighted by atomic mass is 10.0. The molecule has 0 saturated carbocycles. The molecule has 0 bridgehead atoms. The van der Waals surface area contributed by atoms with Crippen LogP contribution in [0.1, 0.15) is 30.3 Å². The summed E-state index contributed by atoms with van der Waals surface area (Å²) in [4.78, 5) is 43.3. The van der Waals surface area contributed by atoms with E-state index in [0.717, 1.165) is 4.88 Å². The lowest BCUT2D eigenvalue weighted by Crippen LogP contribution is -2.39. The van der Waals surface area contributed by atoms with Gasteiger partial charge in [0.25, 0.3) is 5.56 Å². The van der Waals surface area contributed by atoms with Crippen LogP contribution in [0.3, 0.4) is 0 Å². The van der Waals surface area contributed by atoms with E-state index >= 15 is 0 Å². The number of benzene rings is 1. The van der Waals surface area contributed by atoms with Gasteiger partial charge in [-0.1, -0.05) is 23.5 Å². The van der Waals surface area contributed by atoms with E-state index in [2.05, 4.69) is 4.99 Å². The van der Waals surface area contributed by atoms with Crippen molar-refractivity contribution in [2.45, 2.75) is 19.9 Å². The number of thiazole rings is 1. The highest BCUT2D eigenvalue weighted by Crippen LogP contribution is 2.33. The summed E-state index contributed by atoms with van der Waals surface area (Å²) >= 11 is 2.67. The molecule has 3 heterocycles. The standard InChI is InChI=1S/C23H20N2O6S2/c1-12-19(22(28)30-4)20(17-6-5-9-32-17)25-21(27)18(33-23(25)24-12)11-14-7-8-15(29-3)16(10-14)31-13(2)26/h5-11,20H,1-4H3/t20-/m1/s1. The van der Waals surface area contributed by atoms with Crippen molar-refractivity contribution in [2.75, 3.05) is 14.2 Å². The molecule has 170 valence electrons. The fourth-order valence-corrected chi connectivity index (χ4v) is 5.45. The predicted octanol–water partition coefficient (Wildman–Crippen LogP) is 2.40. The van der Waals surface area contributed by atoms with Crippen molar-refractivity contribution < 1.29 is 23.8 Å². The Bertz CT molecular complexity index is 1450. The first-order valence-electron chi connectivity index (χ1n) is 9.84. The van der Waals surface area contributed by atoms with E-state index in [4.69, 9.17) is 14.2 Å². The van der Waals surface area contributed by atoms with Gasteiger partial charge in [-0.15, -0.1) is 11.3 Å². The maximum absolute atomic E-state index is 13.5. The van der Waals surface area contributed by atoms with Crippen LogP contribution in [-0.4, -0.2) is 30.7 Å². The molecule has 33 heavy (non-hydrogen) atoms. The summed E-state index contributed by atoms with van der Waals surface area (Å²) in [6.45, 7) is 3.04. The largest absolute Gasteiger partial charge is 0.493 e. The minimum Gasteiger partial charge on any atom is -0.493 e. The Morgan fingerprint density at radius 3 is 2.61 bits per heavy atom. The van der Waals surface area contributed by atoms with Gasteiger partial charge in [-0.25, -0.2) is 9.79 Å². The molecule has 1 aromatic carbocycles. The van der Waals surface area contributed by atoms with Crippen LogP contribution in [0.2, 0.25) is 0 Å². The topological polar surface area (TPSA) is 96.2 Å². The number of fused-ring (bicyclic) bond motifs is 1. The second-order valence-electron chi connectivity index (χ2n) is 7.09. The minimum atomic E-state index is -0.622. The summed E-state index contributed by atoms with van der Waals surface area (Å²) in [6.07, 6.45) is 1.69. The Balaban J connectivity index is 1.89. The van der Waals surface area contributed by atoms with Crippen molar-refractivity contribution in [1.82, 2.24) is 4.57 Å². The molecule has 0 aliphatic carbocycles. The van der Waals surface area contributed by atoms with Gasteiger partial charge in [0.15, 0.2) is 16.3 Å². The van der Waals surface area contributed by atoms with Crippen LogP contribution < -0.4 is 24.4 Å². The van der Waals surface area contributed by atoms with Crippen LogP contribution in [0.5, 0.6) is 11.5 Å². The monoisotopic (exact) mass is 484 g/mol. The Morgan fingerprint density at radius 1 is 1.18 bits per heavy atom. The summed E-state index contributed by atoms with van der Waals surface area (Å²) in [5, 5.41) is 1.89. The van der Waals surface area contributed by atoms with Crippen LogP contribution >= 0.6 is 22.7 Å². The number of hydrogen-bond donors (Lipinski definition) is 0. The van der Waals surface area contributed by atoms with Crippen molar-refractivity contribution in [3.8, 4) is 11.5 Å². The normalized spacial score (nSPS) is 15.6. The summed E-state index contributed by atoms with van der Waals surface area (Å²) in [5.74, 6) is -0.344. The lowest BCUT2D eigenvalue weighted by Gasteiger charge is -2.22. The first-order chi connectivity index (χ1) is 15.8. The van der Waals surface area contributed by atoms with Crippen LogP contribution in [0.15, 0.2) is 56.8 Å². The molecule has 2 aromatic heterocycles. The number of esters is 2. The van der Waals surface area contributed by atoms with Crippen molar-refractivity contribution in [3.63, 3.8) is 0 Å². The quantitative estimate of drug-likeness (QED) is 0.408. The molecule has 0 amide bonds. The first-order valence-corrected chi connectivity index (χ1v) is 11.5. The average Bonchev–Trinajstić information content (AvgIpc) is 3.41. The molecule has 4 rings (SSSR count). The number of nitrogens with zero attached hydrogens (tertiary/aromatic N) is 2. The minimum absolute atomic E-state index is 0.256. The molecule has 1 aliphatic rings. The van der Waals surface area contributed by atoms with E-state index in [1.807, 2.05) is 17.5 Å². The highest BCUT2D eigenvalue weighted by molar-refractivity contribution is 7.10. The smallest absolute Gasteiger partial charge is 0.338 e. The zero-order valence-electron chi connectivity index (χ0n) is 18.3. The number of carbonyl (C=O) groups is 2. The molecule has 10 heteroatoms. The van der Waals surface area contributed by atoms with E-state index in [1.54, 1.807) is 31.2 Å². The molecule has 0 saturated heterocycles. The van der Waals surface area contributed by atoms with Gasteiger partial charge in [0, 0.05) is 11.8 Å². The molecule has 1 atom stereocenters. The molecular formula is C23H20N2O6S2.